The molecule has 1 heterocycles. The lowest BCUT2D eigenvalue weighted by Crippen LogP contribution is -2.47. The molecule has 0 saturated heterocycles. The van der Waals surface area contributed by atoms with E-state index in [0.717, 1.165) is 20.9 Å². The van der Waals surface area contributed by atoms with E-state index in [1.54, 1.807) is 19.1 Å². The third-order valence-corrected chi connectivity index (χ3v) is 5.39. The Kier molecular flexibility index (Phi) is 9.15. The first-order valence-electron chi connectivity index (χ1n) is 10.7. The molecule has 3 rings (SSSR count). The number of para-hydroxylation sites is 1. The quantitative estimate of drug-likeness (QED) is 0.206. The molecular formula is C25H25BrN4O5. The summed E-state index contributed by atoms with van der Waals surface area (Å²) in [5.41, 5.74) is 4.80. The van der Waals surface area contributed by atoms with Gasteiger partial charge < -0.3 is 24.5 Å². The topological polar surface area (TPSA) is 114 Å². The number of amides is 2. The van der Waals surface area contributed by atoms with Gasteiger partial charge in [0.2, 0.25) is 0 Å². The van der Waals surface area contributed by atoms with Gasteiger partial charge in [-0.05, 0) is 30.7 Å². The molecule has 9 nitrogen and oxygen atoms in total. The van der Waals surface area contributed by atoms with Crippen LogP contribution in [-0.2, 0) is 16.0 Å². The number of rotatable bonds is 10. The van der Waals surface area contributed by atoms with Crippen molar-refractivity contribution in [1.82, 2.24) is 15.7 Å². The van der Waals surface area contributed by atoms with Crippen molar-refractivity contribution in [3.63, 3.8) is 0 Å². The van der Waals surface area contributed by atoms with Crippen LogP contribution in [0.4, 0.5) is 4.79 Å². The van der Waals surface area contributed by atoms with Gasteiger partial charge in [0.05, 0.1) is 19.9 Å². The maximum Gasteiger partial charge on any atom is 0.407 e. The van der Waals surface area contributed by atoms with E-state index >= 15 is 0 Å². The minimum atomic E-state index is -0.931. The van der Waals surface area contributed by atoms with Crippen LogP contribution < -0.4 is 20.2 Å². The number of carbonyl (C=O) groups is 2. The summed E-state index contributed by atoms with van der Waals surface area (Å²) in [6.45, 7) is 1.89. The minimum Gasteiger partial charge on any atom is -0.493 e. The standard InChI is InChI=1S/C25H25BrN4O5/c1-4-10-35-23-17(11-18(26)13-22(23)33-3)15-28-30-24(31)21(29-25(32)34-5-2)12-16-14-27-20-9-7-6-8-19(16)20/h1,6-9,11,13-15,21,27H,5,10,12H2,2-3H3,(H,29,32)(H,30,31)/b28-15-/t21-/m1/s1. The lowest BCUT2D eigenvalue weighted by molar-refractivity contribution is -0.123. The summed E-state index contributed by atoms with van der Waals surface area (Å²) in [7, 11) is 1.50. The van der Waals surface area contributed by atoms with Crippen molar-refractivity contribution in [2.75, 3.05) is 20.3 Å². The van der Waals surface area contributed by atoms with E-state index in [1.165, 1.54) is 13.3 Å². The van der Waals surface area contributed by atoms with Crippen molar-refractivity contribution in [1.29, 1.82) is 0 Å². The van der Waals surface area contributed by atoms with E-state index in [1.807, 2.05) is 30.5 Å². The fraction of sp³-hybridized carbons (Fsp3) is 0.240. The molecule has 10 heteroatoms. The first kappa shape index (κ1) is 25.6. The molecule has 0 unspecified atom stereocenters. The van der Waals surface area contributed by atoms with Gasteiger partial charge in [0.25, 0.3) is 5.91 Å². The number of ether oxygens (including phenoxy) is 3. The van der Waals surface area contributed by atoms with Gasteiger partial charge >= 0.3 is 6.09 Å². The molecule has 2 amide bonds. The molecule has 0 aliphatic rings. The summed E-state index contributed by atoms with van der Waals surface area (Å²) in [6.07, 6.45) is 8.06. The van der Waals surface area contributed by atoms with Crippen molar-refractivity contribution >= 4 is 45.0 Å². The van der Waals surface area contributed by atoms with Gasteiger partial charge in [-0.15, -0.1) is 6.42 Å². The number of terminal acetylenes is 1. The number of hydrazone groups is 1. The number of fused-ring (bicyclic) bond motifs is 1. The number of nitrogens with zero attached hydrogens (tertiary/aromatic N) is 1. The highest BCUT2D eigenvalue weighted by molar-refractivity contribution is 9.10. The second-order valence-corrected chi connectivity index (χ2v) is 8.15. The monoisotopic (exact) mass is 540 g/mol. The Bertz CT molecular complexity index is 1260. The van der Waals surface area contributed by atoms with Crippen LogP contribution in [0, 0.1) is 12.3 Å². The molecule has 0 aliphatic carbocycles. The lowest BCUT2D eigenvalue weighted by Gasteiger charge is -2.16. The smallest absolute Gasteiger partial charge is 0.407 e. The van der Waals surface area contributed by atoms with E-state index in [9.17, 15) is 9.59 Å². The van der Waals surface area contributed by atoms with E-state index in [-0.39, 0.29) is 19.6 Å². The molecule has 0 radical (unpaired) electrons. The van der Waals surface area contributed by atoms with Crippen LogP contribution in [0.5, 0.6) is 11.5 Å². The van der Waals surface area contributed by atoms with Gasteiger partial charge in [0, 0.05) is 33.6 Å². The number of hydrogen-bond donors (Lipinski definition) is 3. The molecule has 0 spiro atoms. The van der Waals surface area contributed by atoms with E-state index in [4.69, 9.17) is 20.6 Å². The highest BCUT2D eigenvalue weighted by atomic mass is 79.9. The number of aromatic nitrogens is 1. The molecule has 0 aliphatic heterocycles. The van der Waals surface area contributed by atoms with Crippen LogP contribution >= 0.6 is 15.9 Å². The van der Waals surface area contributed by atoms with Crippen molar-refractivity contribution in [2.45, 2.75) is 19.4 Å². The Morgan fingerprint density at radius 2 is 2.11 bits per heavy atom. The van der Waals surface area contributed by atoms with Gasteiger partial charge in [-0.25, -0.2) is 10.2 Å². The molecule has 182 valence electrons. The summed E-state index contributed by atoms with van der Waals surface area (Å²) in [5, 5.41) is 7.62. The van der Waals surface area contributed by atoms with Gasteiger partial charge in [-0.2, -0.15) is 5.10 Å². The van der Waals surface area contributed by atoms with Crippen LogP contribution in [0.3, 0.4) is 0 Å². The number of hydrogen-bond acceptors (Lipinski definition) is 6. The lowest BCUT2D eigenvalue weighted by atomic mass is 10.0. The highest BCUT2D eigenvalue weighted by Crippen LogP contribution is 2.34. The van der Waals surface area contributed by atoms with Crippen LogP contribution in [0.1, 0.15) is 18.1 Å². The molecule has 0 bridgehead atoms. The molecule has 3 N–H and O–H groups in total. The van der Waals surface area contributed by atoms with Crippen molar-refractivity contribution in [3.8, 4) is 23.8 Å². The second-order valence-electron chi connectivity index (χ2n) is 7.23. The Balaban J connectivity index is 1.80. The molecule has 0 saturated carbocycles. The number of benzene rings is 2. The molecule has 35 heavy (non-hydrogen) atoms. The second kappa shape index (κ2) is 12.5. The average Bonchev–Trinajstić information content (AvgIpc) is 3.25. The number of nitrogens with one attached hydrogen (secondary N) is 3. The van der Waals surface area contributed by atoms with E-state index < -0.39 is 18.0 Å². The van der Waals surface area contributed by atoms with Gasteiger partial charge in [0.1, 0.15) is 12.6 Å². The largest absolute Gasteiger partial charge is 0.493 e. The zero-order valence-electron chi connectivity index (χ0n) is 19.3. The normalized spacial score (nSPS) is 11.6. The maximum atomic E-state index is 13.0. The van der Waals surface area contributed by atoms with Crippen LogP contribution in [-0.4, -0.2) is 49.6 Å². The fourth-order valence-corrected chi connectivity index (χ4v) is 3.85. The Morgan fingerprint density at radius 3 is 2.86 bits per heavy atom. The molecule has 0 fully saturated rings. The number of carbonyl (C=O) groups excluding carboxylic acids is 2. The summed E-state index contributed by atoms with van der Waals surface area (Å²) >= 11 is 3.41. The summed E-state index contributed by atoms with van der Waals surface area (Å²) in [5.74, 6) is 2.71. The summed E-state index contributed by atoms with van der Waals surface area (Å²) in [4.78, 5) is 28.2. The SMILES string of the molecule is C#CCOc1c(/C=N\NC(=O)[C@@H](Cc2c[nH]c3ccccc23)NC(=O)OCC)cc(Br)cc1OC. The van der Waals surface area contributed by atoms with E-state index in [0.29, 0.717) is 17.1 Å². The van der Waals surface area contributed by atoms with Gasteiger partial charge in [-0.1, -0.05) is 40.0 Å². The average molecular weight is 541 g/mol. The summed E-state index contributed by atoms with van der Waals surface area (Å²) in [6, 6.07) is 10.2. The van der Waals surface area contributed by atoms with Crippen molar-refractivity contribution in [3.05, 3.63) is 58.2 Å². The minimum absolute atomic E-state index is 0.0291. The van der Waals surface area contributed by atoms with Crippen LogP contribution in [0.2, 0.25) is 0 Å². The Hall–Kier alpha value is -3.97. The predicted molar refractivity (Wildman–Crippen MR) is 137 cm³/mol. The number of aromatic amines is 1. The molecule has 1 aromatic heterocycles. The number of alkyl carbamates (subject to hydrolysis) is 1. The molecule has 1 atom stereocenters. The molecular weight excluding hydrogens is 516 g/mol. The third-order valence-electron chi connectivity index (χ3n) is 4.93. The third kappa shape index (κ3) is 6.77. The molecule has 3 aromatic rings. The first-order chi connectivity index (χ1) is 17.0. The Labute approximate surface area is 211 Å². The predicted octanol–water partition coefficient (Wildman–Crippen LogP) is 3.76. The van der Waals surface area contributed by atoms with Gasteiger partial charge in [0.15, 0.2) is 11.5 Å². The first-order valence-corrected chi connectivity index (χ1v) is 11.5. The highest BCUT2D eigenvalue weighted by Gasteiger charge is 2.23. The number of halogens is 1. The van der Waals surface area contributed by atoms with Gasteiger partial charge in [-0.3, -0.25) is 4.79 Å². The summed E-state index contributed by atoms with van der Waals surface area (Å²) < 4.78 is 16.6. The maximum absolute atomic E-state index is 13.0. The van der Waals surface area contributed by atoms with Crippen LogP contribution in [0.15, 0.2) is 52.2 Å². The zero-order valence-corrected chi connectivity index (χ0v) is 20.8. The fourth-order valence-electron chi connectivity index (χ4n) is 3.39. The Morgan fingerprint density at radius 1 is 1.31 bits per heavy atom. The number of methoxy groups -OCH3 is 1. The molecule has 2 aromatic carbocycles. The number of H-pyrrole nitrogens is 1. The zero-order chi connectivity index (χ0) is 25.2. The van der Waals surface area contributed by atoms with Crippen molar-refractivity contribution in [2.24, 2.45) is 5.10 Å². The van der Waals surface area contributed by atoms with E-state index in [2.05, 4.69) is 42.7 Å². The van der Waals surface area contributed by atoms with Crippen LogP contribution in [0.25, 0.3) is 10.9 Å². The van der Waals surface area contributed by atoms with Crippen molar-refractivity contribution < 1.29 is 23.8 Å².